The zero-order valence-corrected chi connectivity index (χ0v) is 12.6. The summed E-state index contributed by atoms with van der Waals surface area (Å²) in [5.41, 5.74) is -0.164. The number of ether oxygens (including phenoxy) is 1. The van der Waals surface area contributed by atoms with Gasteiger partial charge >= 0.3 is 6.18 Å². The van der Waals surface area contributed by atoms with Gasteiger partial charge in [-0.2, -0.15) is 13.2 Å². The van der Waals surface area contributed by atoms with Crippen molar-refractivity contribution in [2.75, 3.05) is 5.32 Å². The zero-order chi connectivity index (χ0) is 17.0. The molecule has 0 bridgehead atoms. The van der Waals surface area contributed by atoms with E-state index in [-0.39, 0.29) is 11.8 Å². The molecule has 0 unspecified atom stereocenters. The predicted molar refractivity (Wildman–Crippen MR) is 81.6 cm³/mol. The molecule has 122 valence electrons. The van der Waals surface area contributed by atoms with Gasteiger partial charge in [0.2, 0.25) is 0 Å². The Labute approximate surface area is 132 Å². The van der Waals surface area contributed by atoms with Crippen LogP contribution >= 0.6 is 0 Å². The van der Waals surface area contributed by atoms with E-state index < -0.39 is 17.6 Å². The Bertz CT molecular complexity index is 679. The molecular weight excluding hydrogens is 307 g/mol. The number of hydrogen-bond donors (Lipinski definition) is 1. The first kappa shape index (κ1) is 16.9. The predicted octanol–water partition coefficient (Wildman–Crippen LogP) is 4.74. The Hall–Kier alpha value is -2.50. The molecule has 3 nitrogen and oxygen atoms in total. The molecule has 2 rings (SSSR count). The first-order valence-electron chi connectivity index (χ1n) is 7.01. The minimum absolute atomic E-state index is 0.102. The number of amides is 1. The van der Waals surface area contributed by atoms with Crippen molar-refractivity contribution in [2.24, 2.45) is 0 Å². The minimum Gasteiger partial charge on any atom is -0.490 e. The lowest BCUT2D eigenvalue weighted by Crippen LogP contribution is -2.15. The van der Waals surface area contributed by atoms with Crippen LogP contribution in [0.3, 0.4) is 0 Å². The number of hydrogen-bond acceptors (Lipinski definition) is 2. The van der Waals surface area contributed by atoms with Crippen LogP contribution in [0.1, 0.15) is 29.8 Å². The fraction of sp³-hybridized carbons (Fsp3) is 0.235. The standard InChI is InChI=1S/C17H16F3NO2/c1-11(2)23-15-6-4-3-5-14(15)16(22)21-13-9-7-12(8-10-13)17(18,19)20/h3-11H,1-2H3,(H,21,22). The number of anilines is 1. The summed E-state index contributed by atoms with van der Waals surface area (Å²) in [6, 6.07) is 11.0. The smallest absolute Gasteiger partial charge is 0.416 e. The number of alkyl halides is 3. The van der Waals surface area contributed by atoms with Crippen LogP contribution in [-0.4, -0.2) is 12.0 Å². The monoisotopic (exact) mass is 323 g/mol. The molecular formula is C17H16F3NO2. The fourth-order valence-corrected chi connectivity index (χ4v) is 1.95. The molecule has 0 aliphatic rings. The van der Waals surface area contributed by atoms with Crippen LogP contribution in [-0.2, 0) is 6.18 Å². The lowest BCUT2D eigenvalue weighted by atomic mass is 10.1. The third-order valence-electron chi connectivity index (χ3n) is 2.96. The van der Waals surface area contributed by atoms with Gasteiger partial charge in [0.05, 0.1) is 17.2 Å². The summed E-state index contributed by atoms with van der Waals surface area (Å²) in [5.74, 6) is -0.0204. The molecule has 0 aliphatic heterocycles. The second-order valence-electron chi connectivity index (χ2n) is 5.19. The Balaban J connectivity index is 2.16. The lowest BCUT2D eigenvalue weighted by molar-refractivity contribution is -0.137. The summed E-state index contributed by atoms with van der Waals surface area (Å²) in [6.07, 6.45) is -4.50. The number of para-hydroxylation sites is 1. The van der Waals surface area contributed by atoms with Crippen LogP contribution in [0.4, 0.5) is 18.9 Å². The highest BCUT2D eigenvalue weighted by atomic mass is 19.4. The van der Waals surface area contributed by atoms with Crippen molar-refractivity contribution in [1.82, 2.24) is 0 Å². The van der Waals surface area contributed by atoms with E-state index >= 15 is 0 Å². The maximum Gasteiger partial charge on any atom is 0.416 e. The molecule has 0 atom stereocenters. The summed E-state index contributed by atoms with van der Waals surface area (Å²) < 4.78 is 43.1. The molecule has 6 heteroatoms. The number of carbonyl (C=O) groups excluding carboxylic acids is 1. The zero-order valence-electron chi connectivity index (χ0n) is 12.6. The van der Waals surface area contributed by atoms with Crippen LogP contribution in [0.25, 0.3) is 0 Å². The highest BCUT2D eigenvalue weighted by Crippen LogP contribution is 2.30. The van der Waals surface area contributed by atoms with Gasteiger partial charge in [0.25, 0.3) is 5.91 Å². The number of nitrogens with one attached hydrogen (secondary N) is 1. The van der Waals surface area contributed by atoms with Gasteiger partial charge in [-0.1, -0.05) is 12.1 Å². The maximum atomic E-state index is 12.5. The largest absolute Gasteiger partial charge is 0.490 e. The average molecular weight is 323 g/mol. The molecule has 0 radical (unpaired) electrons. The summed E-state index contributed by atoms with van der Waals surface area (Å²) in [7, 11) is 0. The number of rotatable bonds is 4. The normalized spacial score (nSPS) is 11.4. The Kier molecular flexibility index (Phi) is 4.93. The van der Waals surface area contributed by atoms with Crippen LogP contribution in [0, 0.1) is 0 Å². The van der Waals surface area contributed by atoms with Crippen molar-refractivity contribution in [1.29, 1.82) is 0 Å². The molecule has 0 fully saturated rings. The van der Waals surface area contributed by atoms with E-state index in [9.17, 15) is 18.0 Å². The Morgan fingerprint density at radius 2 is 1.65 bits per heavy atom. The number of carbonyl (C=O) groups is 1. The van der Waals surface area contributed by atoms with Gasteiger partial charge < -0.3 is 10.1 Å². The lowest BCUT2D eigenvalue weighted by Gasteiger charge is -2.14. The molecule has 0 spiro atoms. The van der Waals surface area contributed by atoms with Crippen LogP contribution in [0.15, 0.2) is 48.5 Å². The van der Waals surface area contributed by atoms with Crippen molar-refractivity contribution in [3.8, 4) is 5.75 Å². The van der Waals surface area contributed by atoms with Gasteiger partial charge in [0, 0.05) is 5.69 Å². The van der Waals surface area contributed by atoms with Gasteiger partial charge in [0.15, 0.2) is 0 Å². The van der Waals surface area contributed by atoms with Crippen molar-refractivity contribution in [3.63, 3.8) is 0 Å². The van der Waals surface area contributed by atoms with E-state index in [1.165, 1.54) is 12.1 Å². The van der Waals surface area contributed by atoms with E-state index in [1.54, 1.807) is 24.3 Å². The molecule has 0 saturated carbocycles. The molecule has 0 aliphatic carbocycles. The van der Waals surface area contributed by atoms with Gasteiger partial charge in [-0.15, -0.1) is 0 Å². The van der Waals surface area contributed by atoms with E-state index in [4.69, 9.17) is 4.74 Å². The van der Waals surface area contributed by atoms with Gasteiger partial charge in [-0.05, 0) is 50.2 Å². The molecule has 0 aromatic heterocycles. The molecule has 0 saturated heterocycles. The second-order valence-corrected chi connectivity index (χ2v) is 5.19. The summed E-state index contributed by atoms with van der Waals surface area (Å²) >= 11 is 0. The van der Waals surface area contributed by atoms with E-state index in [1.807, 2.05) is 13.8 Å². The van der Waals surface area contributed by atoms with E-state index in [2.05, 4.69) is 5.32 Å². The van der Waals surface area contributed by atoms with E-state index in [0.717, 1.165) is 12.1 Å². The van der Waals surface area contributed by atoms with Crippen molar-refractivity contribution in [3.05, 3.63) is 59.7 Å². The maximum absolute atomic E-state index is 12.5. The Morgan fingerprint density at radius 3 is 2.22 bits per heavy atom. The summed E-state index contributed by atoms with van der Waals surface area (Å²) in [5, 5.41) is 2.56. The van der Waals surface area contributed by atoms with Gasteiger partial charge in [0.1, 0.15) is 5.75 Å². The Morgan fingerprint density at radius 1 is 1.04 bits per heavy atom. The first-order valence-corrected chi connectivity index (χ1v) is 7.01. The molecule has 2 aromatic carbocycles. The summed E-state index contributed by atoms with van der Waals surface area (Å²) in [6.45, 7) is 3.68. The highest BCUT2D eigenvalue weighted by molar-refractivity contribution is 6.06. The summed E-state index contributed by atoms with van der Waals surface area (Å²) in [4.78, 5) is 12.3. The third-order valence-corrected chi connectivity index (χ3v) is 2.96. The van der Waals surface area contributed by atoms with Crippen molar-refractivity contribution < 1.29 is 22.7 Å². The van der Waals surface area contributed by atoms with Crippen LogP contribution in [0.5, 0.6) is 5.75 Å². The average Bonchev–Trinajstić information content (AvgIpc) is 2.46. The fourth-order valence-electron chi connectivity index (χ4n) is 1.95. The quantitative estimate of drug-likeness (QED) is 0.882. The molecule has 0 heterocycles. The van der Waals surface area contributed by atoms with Gasteiger partial charge in [-0.25, -0.2) is 0 Å². The van der Waals surface area contributed by atoms with Crippen molar-refractivity contribution in [2.45, 2.75) is 26.1 Å². The number of halogens is 3. The van der Waals surface area contributed by atoms with Crippen LogP contribution in [0.2, 0.25) is 0 Å². The van der Waals surface area contributed by atoms with Crippen molar-refractivity contribution >= 4 is 11.6 Å². The second kappa shape index (κ2) is 6.73. The molecule has 2 aromatic rings. The third kappa shape index (κ3) is 4.48. The first-order chi connectivity index (χ1) is 10.8. The topological polar surface area (TPSA) is 38.3 Å². The van der Waals surface area contributed by atoms with E-state index in [0.29, 0.717) is 11.3 Å². The molecule has 1 amide bonds. The minimum atomic E-state index is -4.40. The molecule has 23 heavy (non-hydrogen) atoms. The SMILES string of the molecule is CC(C)Oc1ccccc1C(=O)Nc1ccc(C(F)(F)F)cc1. The molecule has 1 N–H and O–H groups in total. The number of benzene rings is 2. The van der Waals surface area contributed by atoms with Crippen LogP contribution < -0.4 is 10.1 Å². The highest BCUT2D eigenvalue weighted by Gasteiger charge is 2.30. The van der Waals surface area contributed by atoms with Gasteiger partial charge in [-0.3, -0.25) is 4.79 Å².